The minimum atomic E-state index is -0.253. The van der Waals surface area contributed by atoms with Crippen LogP contribution in [-0.4, -0.2) is 20.7 Å². The Balaban J connectivity index is 2.31. The maximum Gasteiger partial charge on any atom is 0.226 e. The largest absolute Gasteiger partial charge is 0.299 e. The van der Waals surface area contributed by atoms with Crippen molar-refractivity contribution in [2.75, 3.05) is 0 Å². The first-order valence-corrected chi connectivity index (χ1v) is 5.52. The summed E-state index contributed by atoms with van der Waals surface area (Å²) in [5.41, 5.74) is 0. The van der Waals surface area contributed by atoms with Gasteiger partial charge in [-0.05, 0) is 36.0 Å². The minimum Gasteiger partial charge on any atom is -0.299 e. The zero-order valence-electron chi connectivity index (χ0n) is 7.91. The van der Waals surface area contributed by atoms with Crippen molar-refractivity contribution in [1.82, 2.24) is 15.0 Å². The lowest BCUT2D eigenvalue weighted by Crippen LogP contribution is -2.19. The summed E-state index contributed by atoms with van der Waals surface area (Å²) in [6.07, 6.45) is 3.32. The molecule has 80 valence electrons. The van der Waals surface area contributed by atoms with Gasteiger partial charge >= 0.3 is 0 Å². The predicted molar refractivity (Wildman–Crippen MR) is 56.1 cm³/mol. The van der Waals surface area contributed by atoms with Crippen molar-refractivity contribution < 1.29 is 4.79 Å². The van der Waals surface area contributed by atoms with Crippen LogP contribution < -0.4 is 0 Å². The van der Waals surface area contributed by atoms with E-state index >= 15 is 0 Å². The molecule has 1 aliphatic rings. The number of aromatic nitrogens is 3. The molecule has 1 fully saturated rings. The molecule has 6 heteroatoms. The van der Waals surface area contributed by atoms with E-state index in [1.54, 1.807) is 0 Å². The van der Waals surface area contributed by atoms with Crippen LogP contribution in [0, 0.1) is 0 Å². The van der Waals surface area contributed by atoms with Crippen molar-refractivity contribution >= 4 is 29.0 Å². The first-order chi connectivity index (χ1) is 7.16. The Hall–Kier alpha value is -0.740. The first kappa shape index (κ1) is 10.8. The van der Waals surface area contributed by atoms with Crippen LogP contribution in [0.3, 0.4) is 0 Å². The molecule has 0 aromatic carbocycles. The Kier molecular flexibility index (Phi) is 3.17. The Bertz CT molecular complexity index is 377. The monoisotopic (exact) mass is 245 g/mol. The van der Waals surface area contributed by atoms with Gasteiger partial charge in [-0.25, -0.2) is 9.97 Å². The van der Waals surface area contributed by atoms with Crippen LogP contribution >= 0.6 is 23.2 Å². The first-order valence-electron chi connectivity index (χ1n) is 4.76. The van der Waals surface area contributed by atoms with Gasteiger partial charge in [0.2, 0.25) is 10.6 Å². The summed E-state index contributed by atoms with van der Waals surface area (Å²) in [5.74, 6) is 0.320. The molecule has 1 aliphatic carbocycles. The van der Waals surface area contributed by atoms with Crippen molar-refractivity contribution in [2.45, 2.75) is 31.6 Å². The molecule has 1 aromatic heterocycles. The number of Topliss-reactive ketones (excluding diaryl/α,β-unsaturated/α-hetero) is 1. The normalized spacial score (nSPS) is 21.7. The lowest BCUT2D eigenvalue weighted by molar-refractivity contribution is -0.122. The smallest absolute Gasteiger partial charge is 0.226 e. The second-order valence-corrected chi connectivity index (χ2v) is 4.17. The SMILES string of the molecule is O=C1CCCCC1c1nc(Cl)nc(Cl)n1. The molecule has 1 aromatic rings. The van der Waals surface area contributed by atoms with E-state index in [0.29, 0.717) is 12.2 Å². The van der Waals surface area contributed by atoms with E-state index in [2.05, 4.69) is 15.0 Å². The summed E-state index contributed by atoms with van der Waals surface area (Å²) in [6, 6.07) is 0. The van der Waals surface area contributed by atoms with Gasteiger partial charge in [0.05, 0.1) is 5.92 Å². The fourth-order valence-electron chi connectivity index (χ4n) is 1.75. The highest BCUT2D eigenvalue weighted by Crippen LogP contribution is 2.28. The zero-order valence-corrected chi connectivity index (χ0v) is 9.42. The Morgan fingerprint density at radius 1 is 1.07 bits per heavy atom. The quantitative estimate of drug-likeness (QED) is 0.763. The number of carbonyl (C=O) groups is 1. The third-order valence-corrected chi connectivity index (χ3v) is 2.80. The lowest BCUT2D eigenvalue weighted by atomic mass is 9.87. The van der Waals surface area contributed by atoms with Crippen molar-refractivity contribution in [3.05, 3.63) is 16.4 Å². The summed E-state index contributed by atoms with van der Waals surface area (Å²) >= 11 is 11.3. The molecular formula is C9H9Cl2N3O. The highest BCUT2D eigenvalue weighted by Gasteiger charge is 2.26. The maximum atomic E-state index is 11.6. The molecule has 1 unspecified atom stereocenters. The highest BCUT2D eigenvalue weighted by molar-refractivity contribution is 6.31. The van der Waals surface area contributed by atoms with Crippen molar-refractivity contribution in [3.8, 4) is 0 Å². The molecule has 0 N–H and O–H groups in total. The van der Waals surface area contributed by atoms with Gasteiger partial charge in [-0.1, -0.05) is 6.42 Å². The molecule has 2 rings (SSSR count). The topological polar surface area (TPSA) is 55.7 Å². The summed E-state index contributed by atoms with van der Waals surface area (Å²) < 4.78 is 0. The van der Waals surface area contributed by atoms with Crippen LogP contribution in [0.15, 0.2) is 0 Å². The van der Waals surface area contributed by atoms with E-state index in [1.807, 2.05) is 0 Å². The van der Waals surface area contributed by atoms with E-state index in [-0.39, 0.29) is 22.3 Å². The molecule has 0 amide bonds. The Morgan fingerprint density at radius 3 is 2.33 bits per heavy atom. The number of hydrogen-bond donors (Lipinski definition) is 0. The van der Waals surface area contributed by atoms with E-state index in [9.17, 15) is 4.79 Å². The van der Waals surface area contributed by atoms with Gasteiger partial charge in [0, 0.05) is 6.42 Å². The number of nitrogens with zero attached hydrogens (tertiary/aromatic N) is 3. The number of hydrogen-bond acceptors (Lipinski definition) is 4. The number of carbonyl (C=O) groups excluding carboxylic acids is 1. The average Bonchev–Trinajstić information content (AvgIpc) is 2.16. The fourth-order valence-corrected chi connectivity index (χ4v) is 2.13. The fraction of sp³-hybridized carbons (Fsp3) is 0.556. The molecule has 0 radical (unpaired) electrons. The van der Waals surface area contributed by atoms with Crippen LogP contribution in [0.1, 0.15) is 37.4 Å². The van der Waals surface area contributed by atoms with Gasteiger partial charge in [-0.3, -0.25) is 4.79 Å². The molecule has 1 atom stereocenters. The number of ketones is 1. The lowest BCUT2D eigenvalue weighted by Gasteiger charge is -2.18. The summed E-state index contributed by atoms with van der Waals surface area (Å²) in [4.78, 5) is 23.2. The standard InChI is InChI=1S/C9H9Cl2N3O/c10-8-12-7(13-9(11)14-8)5-3-1-2-4-6(5)15/h5H,1-4H2. The third-order valence-electron chi connectivity index (χ3n) is 2.46. The molecule has 0 saturated heterocycles. The third kappa shape index (κ3) is 2.44. The molecular weight excluding hydrogens is 237 g/mol. The molecule has 0 aliphatic heterocycles. The van der Waals surface area contributed by atoms with Crippen LogP contribution in [0.4, 0.5) is 0 Å². The van der Waals surface area contributed by atoms with Crippen molar-refractivity contribution in [1.29, 1.82) is 0 Å². The summed E-state index contributed by atoms with van der Waals surface area (Å²) in [7, 11) is 0. The van der Waals surface area contributed by atoms with Gasteiger partial charge in [-0.15, -0.1) is 0 Å². The molecule has 4 nitrogen and oxygen atoms in total. The highest BCUT2D eigenvalue weighted by atomic mass is 35.5. The number of halogens is 2. The second kappa shape index (κ2) is 4.41. The molecule has 0 spiro atoms. The maximum absolute atomic E-state index is 11.6. The zero-order chi connectivity index (χ0) is 10.8. The van der Waals surface area contributed by atoms with E-state index in [0.717, 1.165) is 19.3 Å². The summed E-state index contributed by atoms with van der Waals surface area (Å²) in [6.45, 7) is 0. The molecule has 0 bridgehead atoms. The Labute approximate surface area is 97.0 Å². The molecule has 15 heavy (non-hydrogen) atoms. The number of rotatable bonds is 1. The van der Waals surface area contributed by atoms with Gasteiger partial charge in [0.25, 0.3) is 0 Å². The van der Waals surface area contributed by atoms with Crippen molar-refractivity contribution in [2.24, 2.45) is 0 Å². The van der Waals surface area contributed by atoms with Crippen LogP contribution in [0.25, 0.3) is 0 Å². The average molecular weight is 246 g/mol. The molecule has 1 saturated carbocycles. The van der Waals surface area contributed by atoms with Crippen LogP contribution in [0.5, 0.6) is 0 Å². The van der Waals surface area contributed by atoms with Gasteiger partial charge in [0.15, 0.2) is 0 Å². The molecule has 1 heterocycles. The van der Waals surface area contributed by atoms with Crippen LogP contribution in [0.2, 0.25) is 10.6 Å². The predicted octanol–water partition coefficient (Wildman–Crippen LogP) is 2.41. The van der Waals surface area contributed by atoms with E-state index in [4.69, 9.17) is 23.2 Å². The van der Waals surface area contributed by atoms with Gasteiger partial charge in [0.1, 0.15) is 11.6 Å². The van der Waals surface area contributed by atoms with Gasteiger partial charge < -0.3 is 0 Å². The van der Waals surface area contributed by atoms with Crippen molar-refractivity contribution in [3.63, 3.8) is 0 Å². The Morgan fingerprint density at radius 2 is 1.73 bits per heavy atom. The van der Waals surface area contributed by atoms with Crippen LogP contribution in [-0.2, 0) is 4.79 Å². The second-order valence-electron chi connectivity index (χ2n) is 3.50. The van der Waals surface area contributed by atoms with Gasteiger partial charge in [-0.2, -0.15) is 4.98 Å². The minimum absolute atomic E-state index is 0.0448. The van der Waals surface area contributed by atoms with E-state index < -0.39 is 0 Å². The summed E-state index contributed by atoms with van der Waals surface area (Å²) in [5, 5.41) is 0.0896. The van der Waals surface area contributed by atoms with E-state index in [1.165, 1.54) is 0 Å².